The number of hydrogen-bond acceptors (Lipinski definition) is 2. The van der Waals surface area contributed by atoms with Gasteiger partial charge in [0.1, 0.15) is 0 Å². The third-order valence-electron chi connectivity index (χ3n) is 4.81. The molecule has 1 heterocycles. The van der Waals surface area contributed by atoms with Crippen LogP contribution in [0, 0.1) is 29.3 Å². The lowest BCUT2D eigenvalue weighted by molar-refractivity contribution is -0.138. The molecule has 138 valence electrons. The van der Waals surface area contributed by atoms with E-state index in [1.807, 2.05) is 13.8 Å². The topological polar surface area (TPSA) is 49.4 Å². The van der Waals surface area contributed by atoms with Gasteiger partial charge in [-0.2, -0.15) is 0 Å². The van der Waals surface area contributed by atoms with Crippen LogP contribution in [0.5, 0.6) is 0 Å². The lowest BCUT2D eigenvalue weighted by Gasteiger charge is -2.33. The normalized spacial score (nSPS) is 15.5. The second kappa shape index (κ2) is 8.36. The van der Waals surface area contributed by atoms with Crippen LogP contribution in [-0.4, -0.2) is 29.8 Å². The SMILES string of the molecule is CCC(CC)C(=O)N1CCC(C(=O)Nc2ccc(F)c(F)c2F)CC1. The summed E-state index contributed by atoms with van der Waals surface area (Å²) < 4.78 is 39.8. The highest BCUT2D eigenvalue weighted by Gasteiger charge is 2.30. The number of nitrogens with one attached hydrogen (secondary N) is 1. The summed E-state index contributed by atoms with van der Waals surface area (Å²) in [5, 5.41) is 2.31. The molecule has 0 saturated carbocycles. The van der Waals surface area contributed by atoms with E-state index in [2.05, 4.69) is 5.32 Å². The fourth-order valence-corrected chi connectivity index (χ4v) is 3.12. The number of hydrogen-bond donors (Lipinski definition) is 1. The van der Waals surface area contributed by atoms with E-state index in [0.717, 1.165) is 25.0 Å². The molecular formula is C18H23F3N2O2. The molecule has 1 aliphatic rings. The molecule has 0 radical (unpaired) electrons. The minimum atomic E-state index is -1.61. The number of piperidine rings is 1. The van der Waals surface area contributed by atoms with E-state index in [1.165, 1.54) is 0 Å². The van der Waals surface area contributed by atoms with Gasteiger partial charge in [0.05, 0.1) is 5.69 Å². The zero-order valence-electron chi connectivity index (χ0n) is 14.4. The molecule has 0 aliphatic carbocycles. The predicted molar refractivity (Wildman–Crippen MR) is 88.3 cm³/mol. The van der Waals surface area contributed by atoms with Gasteiger partial charge in [-0.05, 0) is 37.8 Å². The van der Waals surface area contributed by atoms with Crippen molar-refractivity contribution in [3.8, 4) is 0 Å². The van der Waals surface area contributed by atoms with E-state index >= 15 is 0 Å². The highest BCUT2D eigenvalue weighted by Crippen LogP contribution is 2.24. The summed E-state index contributed by atoms with van der Waals surface area (Å²) in [4.78, 5) is 26.3. The van der Waals surface area contributed by atoms with Crippen molar-refractivity contribution in [2.75, 3.05) is 18.4 Å². The largest absolute Gasteiger partial charge is 0.342 e. The van der Waals surface area contributed by atoms with Crippen molar-refractivity contribution in [1.29, 1.82) is 0 Å². The van der Waals surface area contributed by atoms with Crippen molar-refractivity contribution in [2.45, 2.75) is 39.5 Å². The van der Waals surface area contributed by atoms with Crippen molar-refractivity contribution in [3.05, 3.63) is 29.6 Å². The van der Waals surface area contributed by atoms with Crippen LogP contribution in [0.3, 0.4) is 0 Å². The molecule has 0 aromatic heterocycles. The summed E-state index contributed by atoms with van der Waals surface area (Å²) in [7, 11) is 0. The molecule has 1 N–H and O–H groups in total. The Morgan fingerprint density at radius 2 is 1.72 bits per heavy atom. The summed E-state index contributed by atoms with van der Waals surface area (Å²) >= 11 is 0. The minimum absolute atomic E-state index is 0.00154. The highest BCUT2D eigenvalue weighted by molar-refractivity contribution is 5.93. The molecular weight excluding hydrogens is 333 g/mol. The molecule has 4 nitrogen and oxygen atoms in total. The van der Waals surface area contributed by atoms with Crippen LogP contribution in [0.1, 0.15) is 39.5 Å². The Bertz CT molecular complexity index is 639. The number of likely N-dealkylation sites (tertiary alicyclic amines) is 1. The molecule has 1 aliphatic heterocycles. The fraction of sp³-hybridized carbons (Fsp3) is 0.556. The number of amides is 2. The number of nitrogens with zero attached hydrogens (tertiary/aromatic N) is 1. The average molecular weight is 356 g/mol. The van der Waals surface area contributed by atoms with Gasteiger partial charge in [-0.3, -0.25) is 9.59 Å². The molecule has 25 heavy (non-hydrogen) atoms. The number of carbonyl (C=O) groups excluding carboxylic acids is 2. The van der Waals surface area contributed by atoms with Gasteiger partial charge in [-0.1, -0.05) is 13.8 Å². The van der Waals surface area contributed by atoms with Crippen molar-refractivity contribution in [3.63, 3.8) is 0 Å². The Kier molecular flexibility index (Phi) is 6.45. The number of anilines is 1. The maximum absolute atomic E-state index is 13.6. The van der Waals surface area contributed by atoms with Crippen LogP contribution < -0.4 is 5.32 Å². The summed E-state index contributed by atoms with van der Waals surface area (Å²) in [6.45, 7) is 4.88. The Morgan fingerprint density at radius 1 is 1.12 bits per heavy atom. The molecule has 1 aromatic carbocycles. The third-order valence-corrected chi connectivity index (χ3v) is 4.81. The fourth-order valence-electron chi connectivity index (χ4n) is 3.12. The first-order valence-corrected chi connectivity index (χ1v) is 8.62. The zero-order chi connectivity index (χ0) is 18.6. The minimum Gasteiger partial charge on any atom is -0.342 e. The maximum atomic E-state index is 13.6. The monoisotopic (exact) mass is 356 g/mol. The number of carbonyl (C=O) groups is 2. The molecule has 0 atom stereocenters. The van der Waals surface area contributed by atoms with Crippen LogP contribution in [0.25, 0.3) is 0 Å². The van der Waals surface area contributed by atoms with E-state index in [4.69, 9.17) is 0 Å². The third kappa shape index (κ3) is 4.32. The Labute approximate surface area is 145 Å². The smallest absolute Gasteiger partial charge is 0.227 e. The Hall–Kier alpha value is -2.05. The van der Waals surface area contributed by atoms with E-state index in [0.29, 0.717) is 25.9 Å². The second-order valence-corrected chi connectivity index (χ2v) is 6.33. The van der Waals surface area contributed by atoms with Crippen molar-refractivity contribution < 1.29 is 22.8 Å². The first kappa shape index (κ1) is 19.3. The molecule has 1 aromatic rings. The van der Waals surface area contributed by atoms with Gasteiger partial charge < -0.3 is 10.2 Å². The van der Waals surface area contributed by atoms with Gasteiger partial charge in [-0.25, -0.2) is 13.2 Å². The number of rotatable bonds is 5. The van der Waals surface area contributed by atoms with Gasteiger partial charge in [0.2, 0.25) is 11.8 Å². The van der Waals surface area contributed by atoms with Crippen molar-refractivity contribution >= 4 is 17.5 Å². The van der Waals surface area contributed by atoms with Gasteiger partial charge in [0, 0.05) is 24.9 Å². The molecule has 0 unspecified atom stereocenters. The second-order valence-electron chi connectivity index (χ2n) is 6.33. The van der Waals surface area contributed by atoms with E-state index in [1.54, 1.807) is 4.90 Å². The molecule has 0 bridgehead atoms. The first-order chi connectivity index (χ1) is 11.9. The molecule has 0 spiro atoms. The molecule has 2 rings (SSSR count). The first-order valence-electron chi connectivity index (χ1n) is 8.62. The Morgan fingerprint density at radius 3 is 2.28 bits per heavy atom. The van der Waals surface area contributed by atoms with E-state index in [9.17, 15) is 22.8 Å². The van der Waals surface area contributed by atoms with Crippen molar-refractivity contribution in [1.82, 2.24) is 4.90 Å². The summed E-state index contributed by atoms with van der Waals surface area (Å²) in [5.74, 6) is -5.04. The lowest BCUT2D eigenvalue weighted by Crippen LogP contribution is -2.43. The van der Waals surface area contributed by atoms with Crippen LogP contribution >= 0.6 is 0 Å². The van der Waals surface area contributed by atoms with Gasteiger partial charge >= 0.3 is 0 Å². The predicted octanol–water partition coefficient (Wildman–Crippen LogP) is 3.72. The number of halogens is 3. The van der Waals surface area contributed by atoms with Crippen molar-refractivity contribution in [2.24, 2.45) is 11.8 Å². The van der Waals surface area contributed by atoms with Gasteiger partial charge in [0.15, 0.2) is 17.5 Å². The Balaban J connectivity index is 1.94. The molecule has 7 heteroatoms. The lowest BCUT2D eigenvalue weighted by atomic mass is 9.93. The maximum Gasteiger partial charge on any atom is 0.227 e. The summed E-state index contributed by atoms with van der Waals surface area (Å²) in [5.41, 5.74) is -0.376. The standard InChI is InChI=1S/C18H23F3N2O2/c1-3-11(4-2)18(25)23-9-7-12(8-10-23)17(24)22-14-6-5-13(19)15(20)16(14)21/h5-6,11-12H,3-4,7-10H2,1-2H3,(H,22,24). The van der Waals surface area contributed by atoms with Crippen LogP contribution in [0.15, 0.2) is 12.1 Å². The summed E-state index contributed by atoms with van der Waals surface area (Å²) in [6, 6.07) is 1.77. The van der Waals surface area contributed by atoms with E-state index in [-0.39, 0.29) is 17.5 Å². The van der Waals surface area contributed by atoms with Crippen LogP contribution in [0.2, 0.25) is 0 Å². The molecule has 1 fully saturated rings. The summed E-state index contributed by atoms with van der Waals surface area (Å²) in [6.07, 6.45) is 2.49. The van der Waals surface area contributed by atoms with Crippen LogP contribution in [0.4, 0.5) is 18.9 Å². The van der Waals surface area contributed by atoms with E-state index < -0.39 is 29.3 Å². The van der Waals surface area contributed by atoms with Crippen LogP contribution in [-0.2, 0) is 9.59 Å². The number of benzene rings is 1. The molecule has 2 amide bonds. The van der Waals surface area contributed by atoms with Gasteiger partial charge in [0.25, 0.3) is 0 Å². The molecule has 1 saturated heterocycles. The highest BCUT2D eigenvalue weighted by atomic mass is 19.2. The zero-order valence-corrected chi connectivity index (χ0v) is 14.4. The quantitative estimate of drug-likeness (QED) is 0.818. The average Bonchev–Trinajstić information content (AvgIpc) is 2.63. The van der Waals surface area contributed by atoms with Gasteiger partial charge in [-0.15, -0.1) is 0 Å².